The van der Waals surface area contributed by atoms with E-state index in [1.807, 2.05) is 13.0 Å². The first-order valence-corrected chi connectivity index (χ1v) is 28.1. The number of hydrogen-bond donors (Lipinski definition) is 16. The molecule has 0 aromatic heterocycles. The van der Waals surface area contributed by atoms with Crippen LogP contribution >= 0.6 is 0 Å². The molecule has 0 aromatic carbocycles. The van der Waals surface area contributed by atoms with Crippen LogP contribution in [0.1, 0.15) is 99.8 Å². The fraction of sp³-hybridized carbons (Fsp3) is 0.963. The summed E-state index contributed by atoms with van der Waals surface area (Å²) in [4.78, 5) is 0. The molecule has 78 heavy (non-hydrogen) atoms. The van der Waals surface area contributed by atoms with Gasteiger partial charge < -0.3 is 120 Å². The van der Waals surface area contributed by atoms with Gasteiger partial charge in [0.15, 0.2) is 25.2 Å². The largest absolute Gasteiger partial charge is 0.396 e. The zero-order valence-electron chi connectivity index (χ0n) is 45.7. The topological polar surface area (TPSA) is 398 Å². The van der Waals surface area contributed by atoms with Crippen LogP contribution in [0.25, 0.3) is 0 Å². The number of fused-ring (bicyclic) bond motifs is 7. The molecule has 31 atom stereocenters. The minimum absolute atomic E-state index is 0.166. The van der Waals surface area contributed by atoms with Crippen molar-refractivity contribution < 1.29 is 120 Å². The number of aliphatic hydroxyl groups is 16. The van der Waals surface area contributed by atoms with Gasteiger partial charge in [-0.2, -0.15) is 0 Å². The first-order valence-electron chi connectivity index (χ1n) is 28.1. The standard InChI is InChI=1S/C54H90O24/c1-22-32(61)36(65)39(68)45(71-22)78-43-38(67)34(63)27(18-56)74-48(43)77-42-35(64)28(19-57)73-47(41(42)70)75-30-9-10-50(4)29(51(30,5)20-58)8-11-52(6)44(50)25(60)14-23-24-15-49(2,3)12-13-54(24,21-59)31(16-53(23,52)7)76-46-40(69)37(66)33(62)26(17-55)72-46/h14,22,24-48,55-70H,8-13,15-21H2,1-7H3/t22-,24+,25-,26-,27-,28-,29-,30+,31+,32+,33-,34-,35-,36+,37+,38+,39-,40-,41-,42+,43-,44-,45+,46+,47+,48+,50+,51+,52-,53-,54-/m1/s1. The highest BCUT2D eigenvalue weighted by Gasteiger charge is 2.73. The second kappa shape index (κ2) is 22.3. The van der Waals surface area contributed by atoms with E-state index in [1.165, 1.54) is 6.92 Å². The summed E-state index contributed by atoms with van der Waals surface area (Å²) in [7, 11) is 0. The average molecular weight is 1120 g/mol. The van der Waals surface area contributed by atoms with E-state index in [-0.39, 0.29) is 30.3 Å². The maximum absolute atomic E-state index is 12.8. The minimum atomic E-state index is -1.92. The van der Waals surface area contributed by atoms with Crippen LogP contribution in [0.5, 0.6) is 0 Å². The van der Waals surface area contributed by atoms with Gasteiger partial charge in [0.25, 0.3) is 0 Å². The summed E-state index contributed by atoms with van der Waals surface area (Å²) in [5.74, 6) is -1.06. The molecule has 24 heteroatoms. The van der Waals surface area contributed by atoms with E-state index in [9.17, 15) is 81.7 Å². The van der Waals surface area contributed by atoms with Crippen LogP contribution in [0.4, 0.5) is 0 Å². The van der Waals surface area contributed by atoms with Crippen molar-refractivity contribution in [2.75, 3.05) is 33.0 Å². The molecular formula is C54H90O24. The third-order valence-electron chi connectivity index (χ3n) is 21.7. The normalized spacial score (nSPS) is 56.2. The van der Waals surface area contributed by atoms with Crippen molar-refractivity contribution in [1.82, 2.24) is 0 Å². The zero-order chi connectivity index (χ0) is 57.1. The van der Waals surface area contributed by atoms with Crippen LogP contribution in [-0.2, 0) is 37.9 Å². The number of ether oxygens (including phenoxy) is 8. The molecule has 9 aliphatic rings. The summed E-state index contributed by atoms with van der Waals surface area (Å²) in [6.07, 6.45) is -29.5. The van der Waals surface area contributed by atoms with E-state index in [4.69, 9.17) is 37.9 Å². The van der Waals surface area contributed by atoms with Crippen molar-refractivity contribution in [3.63, 3.8) is 0 Å². The zero-order valence-corrected chi connectivity index (χ0v) is 45.7. The SMILES string of the molecule is C[C@H]1O[C@@H](O[C@H]2[C@H](O[C@@H]3[C@@H](O)[C@H](O[C@H]4CC[C@@]5(C)[C@@H](CC[C@]6(C)[C@@H]5[C@H](O)C=C5[C@@H]7CC(C)(C)CC[C@]7(CO)[C@@H](O[C@@H]7O[C@H](CO)[C@@H](O)[C@H](O)[C@H]7O)C[C@]56C)[C@]4(C)CO)O[C@H](CO)[C@H]3O)O[C@H](CO)[C@@H](O)[C@@H]2O)[C@H](O)[C@@H](O)[C@H]1O. The van der Waals surface area contributed by atoms with Crippen molar-refractivity contribution in [3.8, 4) is 0 Å². The van der Waals surface area contributed by atoms with Crippen LogP contribution in [-0.4, -0.2) is 256 Å². The number of rotatable bonds is 13. The summed E-state index contributed by atoms with van der Waals surface area (Å²) in [6, 6.07) is 0. The monoisotopic (exact) mass is 1120 g/mol. The Morgan fingerprint density at radius 1 is 0.500 bits per heavy atom. The molecule has 4 heterocycles. The van der Waals surface area contributed by atoms with Crippen molar-refractivity contribution in [1.29, 1.82) is 0 Å². The molecular weight excluding hydrogens is 1030 g/mol. The molecule has 4 saturated heterocycles. The molecule has 9 rings (SSSR count). The van der Waals surface area contributed by atoms with Gasteiger partial charge >= 0.3 is 0 Å². The van der Waals surface area contributed by atoms with Crippen LogP contribution in [0.2, 0.25) is 0 Å². The number of aliphatic hydroxyl groups excluding tert-OH is 16. The highest BCUT2D eigenvalue weighted by atomic mass is 16.8. The number of hydrogen-bond acceptors (Lipinski definition) is 24. The summed E-state index contributed by atoms with van der Waals surface area (Å²) < 4.78 is 48.9. The summed E-state index contributed by atoms with van der Waals surface area (Å²) in [5.41, 5.74) is -3.17. The van der Waals surface area contributed by atoms with Crippen LogP contribution < -0.4 is 0 Å². The number of allylic oxidation sites excluding steroid dienone is 1. The Labute approximate surface area is 454 Å². The third kappa shape index (κ3) is 9.71. The molecule has 8 fully saturated rings. The lowest BCUT2D eigenvalue weighted by Crippen LogP contribution is -2.71. The van der Waals surface area contributed by atoms with Crippen molar-refractivity contribution in [2.45, 2.75) is 241 Å². The van der Waals surface area contributed by atoms with Gasteiger partial charge in [0.2, 0.25) is 0 Å². The van der Waals surface area contributed by atoms with Gasteiger partial charge in [0.05, 0.1) is 57.5 Å². The minimum Gasteiger partial charge on any atom is -0.396 e. The molecule has 0 bridgehead atoms. The Balaban J connectivity index is 0.989. The van der Waals surface area contributed by atoms with Crippen LogP contribution in [0.15, 0.2) is 11.6 Å². The second-order valence-electron chi connectivity index (χ2n) is 26.4. The van der Waals surface area contributed by atoms with E-state index >= 15 is 0 Å². The van der Waals surface area contributed by atoms with Crippen LogP contribution in [0.3, 0.4) is 0 Å². The molecule has 450 valence electrons. The molecule has 24 nitrogen and oxygen atoms in total. The highest BCUT2D eigenvalue weighted by molar-refractivity contribution is 5.37. The van der Waals surface area contributed by atoms with E-state index in [1.54, 1.807) is 0 Å². The maximum Gasteiger partial charge on any atom is 0.187 e. The smallest absolute Gasteiger partial charge is 0.187 e. The van der Waals surface area contributed by atoms with E-state index in [0.29, 0.717) is 38.5 Å². The molecule has 0 radical (unpaired) electrons. The quantitative estimate of drug-likeness (QED) is 0.0625. The van der Waals surface area contributed by atoms with Crippen LogP contribution in [0, 0.1) is 50.2 Å². The molecule has 16 N–H and O–H groups in total. The third-order valence-corrected chi connectivity index (χ3v) is 21.7. The molecule has 0 unspecified atom stereocenters. The molecule has 4 saturated carbocycles. The average Bonchev–Trinajstić information content (AvgIpc) is 3.01. The van der Waals surface area contributed by atoms with Gasteiger partial charge in [0.1, 0.15) is 91.6 Å². The summed E-state index contributed by atoms with van der Waals surface area (Å²) >= 11 is 0. The van der Waals surface area contributed by atoms with Gasteiger partial charge in [-0.1, -0.05) is 53.2 Å². The Kier molecular flexibility index (Phi) is 17.6. The summed E-state index contributed by atoms with van der Waals surface area (Å²) in [5, 5.41) is 177. The van der Waals surface area contributed by atoms with E-state index in [0.717, 1.165) is 12.0 Å². The van der Waals surface area contributed by atoms with E-state index < -0.39 is 201 Å². The highest BCUT2D eigenvalue weighted by Crippen LogP contribution is 2.76. The molecule has 0 spiro atoms. The fourth-order valence-electron chi connectivity index (χ4n) is 16.8. The van der Waals surface area contributed by atoms with Crippen molar-refractivity contribution >= 4 is 0 Å². The molecule has 5 aliphatic carbocycles. The first kappa shape index (κ1) is 61.3. The fourth-order valence-corrected chi connectivity index (χ4v) is 16.8. The van der Waals surface area contributed by atoms with E-state index in [2.05, 4.69) is 34.6 Å². The Hall–Kier alpha value is -1.22. The van der Waals surface area contributed by atoms with Gasteiger partial charge in [-0.05, 0) is 91.8 Å². The lowest BCUT2D eigenvalue weighted by atomic mass is 9.32. The molecule has 0 aromatic rings. The maximum atomic E-state index is 12.8. The van der Waals surface area contributed by atoms with Crippen molar-refractivity contribution in [2.24, 2.45) is 50.2 Å². The predicted molar refractivity (Wildman–Crippen MR) is 265 cm³/mol. The van der Waals surface area contributed by atoms with Crippen molar-refractivity contribution in [3.05, 3.63) is 11.6 Å². The second-order valence-corrected chi connectivity index (χ2v) is 26.4. The first-order chi connectivity index (χ1) is 36.6. The van der Waals surface area contributed by atoms with Gasteiger partial charge in [-0.3, -0.25) is 0 Å². The summed E-state index contributed by atoms with van der Waals surface area (Å²) in [6.45, 7) is 11.2. The van der Waals surface area contributed by atoms with Gasteiger partial charge in [-0.15, -0.1) is 0 Å². The predicted octanol–water partition coefficient (Wildman–Crippen LogP) is -3.62. The Morgan fingerprint density at radius 2 is 1.04 bits per heavy atom. The van der Waals surface area contributed by atoms with Gasteiger partial charge in [-0.25, -0.2) is 0 Å². The lowest BCUT2D eigenvalue weighted by molar-refractivity contribution is -0.392. The lowest BCUT2D eigenvalue weighted by Gasteiger charge is -2.73. The van der Waals surface area contributed by atoms with Gasteiger partial charge in [0, 0.05) is 16.7 Å². The Morgan fingerprint density at radius 3 is 1.64 bits per heavy atom. The Bertz CT molecular complexity index is 2110. The molecule has 0 amide bonds. The molecule has 4 aliphatic heterocycles.